The minimum Gasteiger partial charge on any atom is -0.494 e. The Morgan fingerprint density at radius 3 is 1.71 bits per heavy atom. The number of benzene rings is 2. The Hall–Kier alpha value is -7.02. The molecule has 0 fully saturated rings. The van der Waals surface area contributed by atoms with Gasteiger partial charge in [0, 0.05) is 68.9 Å². The van der Waals surface area contributed by atoms with Crippen LogP contribution in [0.2, 0.25) is 0 Å². The van der Waals surface area contributed by atoms with E-state index in [0.717, 1.165) is 16.8 Å². The van der Waals surface area contributed by atoms with E-state index in [1.807, 2.05) is 7.05 Å². The Morgan fingerprint density at radius 1 is 0.690 bits per heavy atom. The smallest absolute Gasteiger partial charge is 0.274 e. The van der Waals surface area contributed by atoms with Crippen LogP contribution in [-0.4, -0.2) is 79.2 Å². The molecule has 0 bridgehead atoms. The van der Waals surface area contributed by atoms with E-state index in [0.29, 0.717) is 66.5 Å². The average molecular weight is 797 g/mol. The van der Waals surface area contributed by atoms with Crippen molar-refractivity contribution in [2.24, 2.45) is 7.05 Å². The second-order valence-corrected chi connectivity index (χ2v) is 13.0. The number of halogens is 2. The molecule has 4 heterocycles. The summed E-state index contributed by atoms with van der Waals surface area (Å²) in [5.41, 5.74) is 6.52. The first kappa shape index (κ1) is 40.6. The molecular formula is C39H42F2N12O5. The van der Waals surface area contributed by atoms with Gasteiger partial charge < -0.3 is 25.4 Å². The maximum absolute atomic E-state index is 15.2. The van der Waals surface area contributed by atoms with Crippen molar-refractivity contribution in [2.75, 3.05) is 38.5 Å². The monoisotopic (exact) mass is 796 g/mol. The Balaban J connectivity index is 0.931. The Morgan fingerprint density at radius 2 is 1.21 bits per heavy atom. The summed E-state index contributed by atoms with van der Waals surface area (Å²) in [6.45, 7) is 0.668. The first-order valence-electron chi connectivity index (χ1n) is 18.2. The third-order valence-electron chi connectivity index (χ3n) is 8.85. The quantitative estimate of drug-likeness (QED) is 0.0653. The normalized spacial score (nSPS) is 10.9. The molecule has 0 unspecified atom stereocenters. The van der Waals surface area contributed by atoms with Crippen LogP contribution in [0.1, 0.15) is 49.4 Å². The zero-order valence-electron chi connectivity index (χ0n) is 32.3. The van der Waals surface area contributed by atoms with Crippen molar-refractivity contribution < 1.29 is 32.7 Å². The van der Waals surface area contributed by atoms with E-state index in [-0.39, 0.29) is 36.0 Å². The third kappa shape index (κ3) is 10.6. The lowest BCUT2D eigenvalue weighted by molar-refractivity contribution is 0.0291. The Kier molecular flexibility index (Phi) is 13.5. The van der Waals surface area contributed by atoms with Crippen molar-refractivity contribution in [1.82, 2.24) is 50.3 Å². The molecule has 58 heavy (non-hydrogen) atoms. The van der Waals surface area contributed by atoms with Crippen LogP contribution in [0.15, 0.2) is 73.8 Å². The molecule has 0 radical (unpaired) electrons. The fourth-order valence-electron chi connectivity index (χ4n) is 5.80. The van der Waals surface area contributed by atoms with Gasteiger partial charge in [0.05, 0.1) is 44.6 Å². The van der Waals surface area contributed by atoms with Crippen molar-refractivity contribution in [1.29, 1.82) is 0 Å². The van der Waals surface area contributed by atoms with E-state index in [9.17, 15) is 14.0 Å². The Labute approximate surface area is 332 Å². The van der Waals surface area contributed by atoms with Crippen LogP contribution < -0.4 is 30.9 Å². The van der Waals surface area contributed by atoms with Crippen LogP contribution in [-0.2, 0) is 44.1 Å². The van der Waals surface area contributed by atoms with Gasteiger partial charge in [0.1, 0.15) is 0 Å². The van der Waals surface area contributed by atoms with Gasteiger partial charge in [0.25, 0.3) is 11.8 Å². The highest BCUT2D eigenvalue weighted by atomic mass is 19.1. The van der Waals surface area contributed by atoms with E-state index >= 15 is 4.39 Å². The van der Waals surface area contributed by atoms with Crippen molar-refractivity contribution in [2.45, 2.75) is 38.6 Å². The lowest BCUT2D eigenvalue weighted by Crippen LogP contribution is -2.25. The van der Waals surface area contributed by atoms with Gasteiger partial charge in [0.2, 0.25) is 11.9 Å². The molecule has 302 valence electrons. The van der Waals surface area contributed by atoms with Gasteiger partial charge in [-0.25, -0.2) is 34.2 Å². The minimum absolute atomic E-state index is 0.00227. The number of anilines is 4. The summed E-state index contributed by atoms with van der Waals surface area (Å²) in [4.78, 5) is 47.8. The average Bonchev–Trinajstić information content (AvgIpc) is 3.87. The molecule has 2 amide bonds. The van der Waals surface area contributed by atoms with Crippen molar-refractivity contribution in [3.8, 4) is 11.5 Å². The number of aromatic nitrogens is 8. The number of rotatable bonds is 19. The molecule has 6 aromatic rings. The van der Waals surface area contributed by atoms with Gasteiger partial charge in [0.15, 0.2) is 23.1 Å². The number of nitrogens with one attached hydrogen (secondary N) is 4. The summed E-state index contributed by atoms with van der Waals surface area (Å²) >= 11 is 0. The molecule has 19 heteroatoms. The van der Waals surface area contributed by atoms with Crippen molar-refractivity contribution in [3.05, 3.63) is 119 Å². The van der Waals surface area contributed by atoms with Gasteiger partial charge in [-0.1, -0.05) is 0 Å². The predicted octanol–water partition coefficient (Wildman–Crippen LogP) is 4.66. The predicted molar refractivity (Wildman–Crippen MR) is 208 cm³/mol. The lowest BCUT2D eigenvalue weighted by atomic mass is 10.0. The molecule has 0 spiro atoms. The number of carbonyl (C=O) groups is 2. The molecular weight excluding hydrogens is 755 g/mol. The van der Waals surface area contributed by atoms with E-state index in [1.54, 1.807) is 58.9 Å². The maximum atomic E-state index is 15.2. The zero-order valence-corrected chi connectivity index (χ0v) is 32.3. The number of nitrogens with zero attached hydrogens (tertiary/aromatic N) is 8. The highest BCUT2D eigenvalue weighted by Crippen LogP contribution is 2.26. The van der Waals surface area contributed by atoms with Gasteiger partial charge in [-0.05, 0) is 78.6 Å². The molecule has 0 saturated carbocycles. The summed E-state index contributed by atoms with van der Waals surface area (Å²) in [7, 11) is 6.00. The summed E-state index contributed by atoms with van der Waals surface area (Å²) in [5, 5.41) is 17.1. The molecule has 0 atom stereocenters. The highest BCUT2D eigenvalue weighted by molar-refractivity contribution is 5.95. The summed E-state index contributed by atoms with van der Waals surface area (Å²) in [5.74, 6) is -1.25. The van der Waals surface area contributed by atoms with Crippen LogP contribution in [0.5, 0.6) is 11.5 Å². The summed E-state index contributed by atoms with van der Waals surface area (Å²) in [6, 6.07) is 5.67. The number of hydrogen-bond donors (Lipinski definition) is 4. The molecule has 2 aromatic carbocycles. The van der Waals surface area contributed by atoms with Crippen LogP contribution in [0.4, 0.5) is 32.1 Å². The topological polar surface area (TPSA) is 197 Å². The number of amides is 2. The number of hydroxylamine groups is 1. The van der Waals surface area contributed by atoms with Gasteiger partial charge in [-0.3, -0.25) is 23.8 Å². The maximum Gasteiger partial charge on any atom is 0.274 e. The second kappa shape index (κ2) is 19.2. The van der Waals surface area contributed by atoms with Gasteiger partial charge in [-0.15, -0.1) is 0 Å². The number of ether oxygens (including phenoxy) is 2. The molecule has 0 aliphatic carbocycles. The van der Waals surface area contributed by atoms with E-state index in [4.69, 9.17) is 14.3 Å². The summed E-state index contributed by atoms with van der Waals surface area (Å²) in [6.07, 6.45) is 15.4. The van der Waals surface area contributed by atoms with E-state index in [1.165, 1.54) is 45.5 Å². The largest absolute Gasteiger partial charge is 0.494 e. The lowest BCUT2D eigenvalue weighted by Gasteiger charge is -2.12. The SMILES string of the molecule is CNC(=O)c1cc(CCc2cnc(Nc3cnn(CCCONC(=O)c4cc(CCc5cnc(Nc6cnn(C)c6)nc5)c(F)c(OC)c4)c3)nc2)c(F)c(OC)c1. The zero-order chi connectivity index (χ0) is 41.0. The molecule has 0 saturated heterocycles. The second-order valence-electron chi connectivity index (χ2n) is 13.0. The molecule has 0 aliphatic heterocycles. The van der Waals surface area contributed by atoms with Crippen LogP contribution in [0.3, 0.4) is 0 Å². The third-order valence-corrected chi connectivity index (χ3v) is 8.85. The number of carbonyl (C=O) groups excluding carboxylic acids is 2. The van der Waals surface area contributed by atoms with Gasteiger partial charge >= 0.3 is 0 Å². The molecule has 17 nitrogen and oxygen atoms in total. The van der Waals surface area contributed by atoms with Gasteiger partial charge in [-0.2, -0.15) is 10.2 Å². The number of methoxy groups -OCH3 is 2. The first-order chi connectivity index (χ1) is 28.1. The molecule has 4 N–H and O–H groups in total. The highest BCUT2D eigenvalue weighted by Gasteiger charge is 2.18. The molecule has 4 aromatic heterocycles. The Bertz CT molecular complexity index is 2340. The fourth-order valence-corrected chi connectivity index (χ4v) is 5.80. The van der Waals surface area contributed by atoms with Crippen LogP contribution >= 0.6 is 0 Å². The summed E-state index contributed by atoms with van der Waals surface area (Å²) < 4.78 is 43.7. The standard InChI is InChI=1S/C39H42F2N12O5/c1-42-36(54)28-12-26(34(40)32(14-28)56-3)8-6-24-18-45-39(46-19-24)50-31-21-48-53(23-31)10-5-11-58-51-37(55)29-13-27(35(41)33(15-29)57-4)9-7-25-16-43-38(44-17-25)49-30-20-47-52(2)22-30/h12-23H,5-11H2,1-4H3,(H,42,54)(H,51,55)(H,43,44,49)(H,45,46,50). The number of hydrogen-bond acceptors (Lipinski definition) is 13. The van der Waals surface area contributed by atoms with Crippen LogP contribution in [0.25, 0.3) is 0 Å². The van der Waals surface area contributed by atoms with Crippen molar-refractivity contribution >= 4 is 35.1 Å². The van der Waals surface area contributed by atoms with E-state index in [2.05, 4.69) is 51.6 Å². The molecule has 6 rings (SSSR count). The van der Waals surface area contributed by atoms with Crippen LogP contribution in [0, 0.1) is 11.6 Å². The fraction of sp³-hybridized carbons (Fsp3) is 0.282. The first-order valence-corrected chi connectivity index (χ1v) is 18.2. The van der Waals surface area contributed by atoms with Crippen molar-refractivity contribution in [3.63, 3.8) is 0 Å². The molecule has 0 aliphatic rings. The van der Waals surface area contributed by atoms with E-state index < -0.39 is 17.5 Å². The minimum atomic E-state index is -0.551. The number of aryl methyl sites for hydroxylation is 6.